The molecule has 0 saturated carbocycles. The Labute approximate surface area is 133 Å². The van der Waals surface area contributed by atoms with E-state index in [0.29, 0.717) is 11.3 Å². The summed E-state index contributed by atoms with van der Waals surface area (Å²) in [5.74, 6) is -0.108. The molecule has 110 valence electrons. The first-order chi connectivity index (χ1) is 9.88. The zero-order valence-corrected chi connectivity index (χ0v) is 14.0. The summed E-state index contributed by atoms with van der Waals surface area (Å²) >= 11 is 3.34. The van der Waals surface area contributed by atoms with Crippen LogP contribution in [0.5, 0.6) is 0 Å². The molecule has 0 aromatic heterocycles. The van der Waals surface area contributed by atoms with Crippen molar-refractivity contribution in [2.24, 2.45) is 0 Å². The molecular weight excluding hydrogens is 328 g/mol. The zero-order valence-electron chi connectivity index (χ0n) is 12.4. The fraction of sp³-hybridized carbons (Fsp3) is 0.235. The van der Waals surface area contributed by atoms with Gasteiger partial charge in [-0.05, 0) is 66.0 Å². The van der Waals surface area contributed by atoms with Gasteiger partial charge < -0.3 is 11.1 Å². The summed E-state index contributed by atoms with van der Waals surface area (Å²) in [5, 5.41) is 3.02. The number of nitrogens with one attached hydrogen (secondary N) is 1. The number of carbonyl (C=O) groups is 1. The number of rotatable bonds is 3. The van der Waals surface area contributed by atoms with Gasteiger partial charge in [-0.2, -0.15) is 0 Å². The molecule has 0 radical (unpaired) electrons. The van der Waals surface area contributed by atoms with Crippen LogP contribution in [-0.2, 0) is 0 Å². The Hall–Kier alpha value is -1.81. The Balaban J connectivity index is 2.16. The summed E-state index contributed by atoms with van der Waals surface area (Å²) < 4.78 is 0.731. The van der Waals surface area contributed by atoms with Crippen LogP contribution in [-0.4, -0.2) is 5.91 Å². The van der Waals surface area contributed by atoms with Gasteiger partial charge in [0.25, 0.3) is 5.91 Å². The Bertz CT molecular complexity index is 682. The third-order valence-electron chi connectivity index (χ3n) is 3.50. The van der Waals surface area contributed by atoms with Gasteiger partial charge >= 0.3 is 0 Å². The Kier molecular flexibility index (Phi) is 4.68. The van der Waals surface area contributed by atoms with Crippen molar-refractivity contribution in [2.75, 3.05) is 5.73 Å². The highest BCUT2D eigenvalue weighted by Gasteiger charge is 2.14. The third kappa shape index (κ3) is 3.64. The summed E-state index contributed by atoms with van der Waals surface area (Å²) in [7, 11) is 0. The molecule has 2 rings (SSSR count). The van der Waals surface area contributed by atoms with Crippen LogP contribution in [0.25, 0.3) is 0 Å². The number of halogens is 1. The summed E-state index contributed by atoms with van der Waals surface area (Å²) in [6, 6.07) is 11.4. The molecule has 1 atom stereocenters. The first kappa shape index (κ1) is 15.6. The van der Waals surface area contributed by atoms with Crippen LogP contribution in [0.1, 0.15) is 40.0 Å². The molecule has 21 heavy (non-hydrogen) atoms. The number of anilines is 1. The van der Waals surface area contributed by atoms with Gasteiger partial charge in [-0.15, -0.1) is 0 Å². The molecular formula is C17H19BrN2O. The van der Waals surface area contributed by atoms with E-state index >= 15 is 0 Å². The zero-order chi connectivity index (χ0) is 15.6. The number of nitrogens with two attached hydrogens (primary N) is 1. The summed E-state index contributed by atoms with van der Waals surface area (Å²) in [6.07, 6.45) is 0. The van der Waals surface area contributed by atoms with E-state index in [0.717, 1.165) is 10.0 Å². The Morgan fingerprint density at radius 3 is 2.52 bits per heavy atom. The molecule has 0 spiro atoms. The van der Waals surface area contributed by atoms with Gasteiger partial charge in [0.1, 0.15) is 0 Å². The second-order valence-corrected chi connectivity index (χ2v) is 6.15. The van der Waals surface area contributed by atoms with Crippen LogP contribution in [0.2, 0.25) is 0 Å². The van der Waals surface area contributed by atoms with E-state index in [9.17, 15) is 4.79 Å². The topological polar surface area (TPSA) is 55.1 Å². The number of carbonyl (C=O) groups excluding carboxylic acids is 1. The van der Waals surface area contributed by atoms with Gasteiger partial charge in [-0.25, -0.2) is 0 Å². The average molecular weight is 347 g/mol. The molecule has 3 nitrogen and oxygen atoms in total. The molecule has 0 aliphatic carbocycles. The normalized spacial score (nSPS) is 12.0. The highest BCUT2D eigenvalue weighted by Crippen LogP contribution is 2.22. The molecule has 4 heteroatoms. The van der Waals surface area contributed by atoms with Gasteiger partial charge in [0.05, 0.1) is 6.04 Å². The van der Waals surface area contributed by atoms with E-state index in [-0.39, 0.29) is 11.9 Å². The number of benzene rings is 2. The Morgan fingerprint density at radius 2 is 1.90 bits per heavy atom. The number of nitrogen functional groups attached to an aromatic ring is 1. The highest BCUT2D eigenvalue weighted by molar-refractivity contribution is 9.10. The van der Waals surface area contributed by atoms with Crippen LogP contribution in [0.4, 0.5) is 5.69 Å². The maximum absolute atomic E-state index is 12.3. The lowest BCUT2D eigenvalue weighted by Gasteiger charge is -2.17. The molecule has 0 bridgehead atoms. The number of hydrogen-bond acceptors (Lipinski definition) is 2. The predicted octanol–water partition coefficient (Wildman–Crippen LogP) is 4.14. The van der Waals surface area contributed by atoms with Gasteiger partial charge in [0.2, 0.25) is 0 Å². The van der Waals surface area contributed by atoms with Gasteiger partial charge in [-0.3, -0.25) is 4.79 Å². The van der Waals surface area contributed by atoms with E-state index in [1.54, 1.807) is 18.2 Å². The molecule has 2 aromatic carbocycles. The maximum Gasteiger partial charge on any atom is 0.251 e. The fourth-order valence-corrected chi connectivity index (χ4v) is 2.72. The summed E-state index contributed by atoms with van der Waals surface area (Å²) in [4.78, 5) is 12.3. The third-order valence-corrected chi connectivity index (χ3v) is 4.19. The predicted molar refractivity (Wildman–Crippen MR) is 90.4 cm³/mol. The molecule has 1 unspecified atom stereocenters. The number of aryl methyl sites for hydroxylation is 2. The highest BCUT2D eigenvalue weighted by atomic mass is 79.9. The molecule has 0 heterocycles. The van der Waals surface area contributed by atoms with E-state index < -0.39 is 0 Å². The SMILES string of the molecule is Cc1ccc(C(C)NC(=O)c2ccc(N)c(Br)c2)c(C)c1. The molecule has 1 amide bonds. The van der Waals surface area contributed by atoms with Crippen molar-refractivity contribution in [2.45, 2.75) is 26.8 Å². The smallest absolute Gasteiger partial charge is 0.251 e. The summed E-state index contributed by atoms with van der Waals surface area (Å²) in [6.45, 7) is 6.11. The minimum absolute atomic E-state index is 0.0468. The molecule has 0 fully saturated rings. The second kappa shape index (κ2) is 6.31. The van der Waals surface area contributed by atoms with Crippen molar-refractivity contribution in [1.82, 2.24) is 5.32 Å². The van der Waals surface area contributed by atoms with Gasteiger partial charge in [0.15, 0.2) is 0 Å². The van der Waals surface area contributed by atoms with Gasteiger partial charge in [0, 0.05) is 15.7 Å². The lowest BCUT2D eigenvalue weighted by molar-refractivity contribution is 0.0940. The fourth-order valence-electron chi connectivity index (χ4n) is 2.34. The minimum Gasteiger partial charge on any atom is -0.398 e. The molecule has 2 aromatic rings. The molecule has 0 aliphatic rings. The molecule has 0 aliphatic heterocycles. The van der Waals surface area contributed by atoms with Crippen LogP contribution in [0, 0.1) is 13.8 Å². The van der Waals surface area contributed by atoms with Gasteiger partial charge in [-0.1, -0.05) is 23.8 Å². The van der Waals surface area contributed by atoms with Crippen molar-refractivity contribution in [1.29, 1.82) is 0 Å². The largest absolute Gasteiger partial charge is 0.398 e. The van der Waals surface area contributed by atoms with Crippen molar-refractivity contribution in [3.8, 4) is 0 Å². The van der Waals surface area contributed by atoms with Crippen molar-refractivity contribution >= 4 is 27.5 Å². The summed E-state index contributed by atoms with van der Waals surface area (Å²) in [5.41, 5.74) is 10.5. The van der Waals surface area contributed by atoms with Crippen LogP contribution < -0.4 is 11.1 Å². The minimum atomic E-state index is -0.108. The molecule has 3 N–H and O–H groups in total. The molecule has 0 saturated heterocycles. The van der Waals surface area contributed by atoms with Crippen LogP contribution in [0.15, 0.2) is 40.9 Å². The lowest BCUT2D eigenvalue weighted by atomic mass is 10.00. The maximum atomic E-state index is 12.3. The van der Waals surface area contributed by atoms with Crippen LogP contribution >= 0.6 is 15.9 Å². The monoisotopic (exact) mass is 346 g/mol. The second-order valence-electron chi connectivity index (χ2n) is 5.29. The first-order valence-electron chi connectivity index (χ1n) is 6.81. The van der Waals surface area contributed by atoms with E-state index in [1.165, 1.54) is 11.1 Å². The average Bonchev–Trinajstić information content (AvgIpc) is 2.41. The van der Waals surface area contributed by atoms with E-state index in [4.69, 9.17) is 5.73 Å². The van der Waals surface area contributed by atoms with Crippen molar-refractivity contribution in [3.63, 3.8) is 0 Å². The van der Waals surface area contributed by atoms with Crippen LogP contribution in [0.3, 0.4) is 0 Å². The quantitative estimate of drug-likeness (QED) is 0.820. The van der Waals surface area contributed by atoms with Crippen molar-refractivity contribution in [3.05, 3.63) is 63.1 Å². The number of hydrogen-bond donors (Lipinski definition) is 2. The van der Waals surface area contributed by atoms with Crippen molar-refractivity contribution < 1.29 is 4.79 Å². The lowest BCUT2D eigenvalue weighted by Crippen LogP contribution is -2.27. The number of amides is 1. The Morgan fingerprint density at radius 1 is 1.19 bits per heavy atom. The van der Waals surface area contributed by atoms with E-state index in [1.807, 2.05) is 6.92 Å². The first-order valence-corrected chi connectivity index (χ1v) is 7.61. The standard InChI is InChI=1S/C17H19BrN2O/c1-10-4-6-14(11(2)8-10)12(3)20-17(21)13-5-7-16(19)15(18)9-13/h4-9,12H,19H2,1-3H3,(H,20,21). The van der Waals surface area contributed by atoms with E-state index in [2.05, 4.69) is 53.3 Å².